The number of aromatic nitrogens is 3. The quantitative estimate of drug-likeness (QED) is 0.544. The zero-order valence-electron chi connectivity index (χ0n) is 16.4. The lowest BCUT2D eigenvalue weighted by molar-refractivity contribution is -0.121. The Labute approximate surface area is 184 Å². The summed E-state index contributed by atoms with van der Waals surface area (Å²) in [5.41, 5.74) is 5.36. The van der Waals surface area contributed by atoms with Crippen LogP contribution in [0.2, 0.25) is 5.02 Å². The molecule has 1 aromatic heterocycles. The molecule has 0 aliphatic carbocycles. The highest BCUT2D eigenvalue weighted by atomic mass is 35.5. The van der Waals surface area contributed by atoms with Gasteiger partial charge in [0.15, 0.2) is 5.82 Å². The molecular formula is C21H22ClN5O2S. The van der Waals surface area contributed by atoms with Gasteiger partial charge in [-0.25, -0.2) is 4.68 Å². The fraction of sp³-hybridized carbons (Fsp3) is 0.286. The minimum absolute atomic E-state index is 0.0564. The van der Waals surface area contributed by atoms with E-state index in [-0.39, 0.29) is 11.9 Å². The van der Waals surface area contributed by atoms with Crippen molar-refractivity contribution in [3.63, 3.8) is 0 Å². The Morgan fingerprint density at radius 1 is 1.20 bits per heavy atom. The molecule has 2 aromatic carbocycles. The Hall–Kier alpha value is -2.55. The van der Waals surface area contributed by atoms with Crippen LogP contribution in [0.15, 0.2) is 59.8 Å². The normalized spacial score (nSPS) is 17.8. The van der Waals surface area contributed by atoms with Crippen molar-refractivity contribution in [3.8, 4) is 11.4 Å². The number of hydrogen-bond donors (Lipinski definition) is 2. The summed E-state index contributed by atoms with van der Waals surface area (Å²) < 4.78 is 6.91. The number of thioether (sulfide) groups is 1. The lowest BCUT2D eigenvalue weighted by Gasteiger charge is -2.33. The second-order valence-electron chi connectivity index (χ2n) is 6.84. The third kappa shape index (κ3) is 4.45. The van der Waals surface area contributed by atoms with Gasteiger partial charge in [-0.1, -0.05) is 65.8 Å². The predicted molar refractivity (Wildman–Crippen MR) is 118 cm³/mol. The number of ether oxygens (including phenoxy) is 1. The molecule has 1 aliphatic rings. The summed E-state index contributed by atoms with van der Waals surface area (Å²) in [6.45, 7) is 1.16. The van der Waals surface area contributed by atoms with Gasteiger partial charge in [0.05, 0.1) is 6.04 Å². The van der Waals surface area contributed by atoms with E-state index in [0.717, 1.165) is 17.5 Å². The van der Waals surface area contributed by atoms with Gasteiger partial charge in [0.2, 0.25) is 11.1 Å². The fourth-order valence-electron chi connectivity index (χ4n) is 3.28. The number of carbonyl (C=O) groups excluding carboxylic acids is 1. The predicted octanol–water partition coefficient (Wildman–Crippen LogP) is 3.51. The van der Waals surface area contributed by atoms with Crippen LogP contribution in [-0.4, -0.2) is 46.3 Å². The number of halogens is 1. The molecule has 1 aliphatic heterocycles. The largest absolute Gasteiger partial charge is 0.385 e. The second-order valence-corrected chi connectivity index (χ2v) is 8.39. The van der Waals surface area contributed by atoms with Crippen LogP contribution in [0.4, 0.5) is 0 Å². The molecule has 2 heterocycles. The summed E-state index contributed by atoms with van der Waals surface area (Å²) in [5, 5.41) is 12.6. The molecule has 0 unspecified atom stereocenters. The number of nitrogens with zero attached hydrogens (tertiary/aromatic N) is 3. The second kappa shape index (κ2) is 9.51. The molecule has 9 heteroatoms. The fourth-order valence-corrected chi connectivity index (χ4v) is 4.51. The first-order valence-corrected chi connectivity index (χ1v) is 10.9. The monoisotopic (exact) mass is 443 g/mol. The first-order chi connectivity index (χ1) is 14.7. The topological polar surface area (TPSA) is 81.1 Å². The molecule has 30 heavy (non-hydrogen) atoms. The summed E-state index contributed by atoms with van der Waals surface area (Å²) >= 11 is 7.48. The number of rotatable bonds is 7. The first kappa shape index (κ1) is 20.7. The first-order valence-electron chi connectivity index (χ1n) is 9.63. The molecule has 3 aromatic rings. The Morgan fingerprint density at radius 3 is 2.70 bits per heavy atom. The van der Waals surface area contributed by atoms with Gasteiger partial charge in [-0.15, -0.1) is 10.2 Å². The molecule has 4 rings (SSSR count). The van der Waals surface area contributed by atoms with Gasteiger partial charge in [0.1, 0.15) is 5.25 Å². The van der Waals surface area contributed by atoms with Gasteiger partial charge in [-0.3, -0.25) is 4.79 Å². The summed E-state index contributed by atoms with van der Waals surface area (Å²) in [6.07, 6.45) is 0.757. The maximum Gasteiger partial charge on any atom is 0.236 e. The molecule has 7 nitrogen and oxygen atoms in total. The van der Waals surface area contributed by atoms with E-state index < -0.39 is 5.25 Å². The molecule has 0 radical (unpaired) electrons. The molecule has 0 spiro atoms. The zero-order chi connectivity index (χ0) is 20.9. The third-order valence-electron chi connectivity index (χ3n) is 4.78. The summed E-state index contributed by atoms with van der Waals surface area (Å²) in [4.78, 5) is 13.0. The number of hydrogen-bond acceptors (Lipinski definition) is 6. The van der Waals surface area contributed by atoms with Gasteiger partial charge in [0.25, 0.3) is 0 Å². The molecule has 2 N–H and O–H groups in total. The Kier molecular flexibility index (Phi) is 6.56. The summed E-state index contributed by atoms with van der Waals surface area (Å²) in [6, 6.07) is 17.1. The van der Waals surface area contributed by atoms with Crippen LogP contribution < -0.4 is 10.7 Å². The van der Waals surface area contributed by atoms with Crippen LogP contribution in [0, 0.1) is 0 Å². The van der Waals surface area contributed by atoms with Crippen molar-refractivity contribution in [1.82, 2.24) is 20.2 Å². The van der Waals surface area contributed by atoms with E-state index >= 15 is 0 Å². The van der Waals surface area contributed by atoms with Gasteiger partial charge in [0, 0.05) is 30.8 Å². The van der Waals surface area contributed by atoms with Crippen LogP contribution in [0.3, 0.4) is 0 Å². The van der Waals surface area contributed by atoms with Crippen molar-refractivity contribution < 1.29 is 9.53 Å². The average molecular weight is 444 g/mol. The summed E-state index contributed by atoms with van der Waals surface area (Å²) in [7, 11) is 1.65. The smallest absolute Gasteiger partial charge is 0.236 e. The van der Waals surface area contributed by atoms with Crippen LogP contribution in [0.25, 0.3) is 11.4 Å². The van der Waals surface area contributed by atoms with Crippen LogP contribution in [0.5, 0.6) is 0 Å². The van der Waals surface area contributed by atoms with E-state index in [1.807, 2.05) is 59.3 Å². The van der Waals surface area contributed by atoms with Crippen molar-refractivity contribution in [2.75, 3.05) is 25.7 Å². The van der Waals surface area contributed by atoms with E-state index in [9.17, 15) is 4.79 Å². The standard InChI is InChI=1S/C21H22ClN5O2S/c1-29-13-5-12-23-20(28)18-17(14-8-10-16(22)11-9-14)26-27-19(24-25-21(27)30-18)15-6-3-2-4-7-15/h2-4,6-11,17-18,26H,5,12-13H2,1H3,(H,23,28)/t17-,18-/m1/s1. The van der Waals surface area contributed by atoms with E-state index in [1.54, 1.807) is 7.11 Å². The Bertz CT molecular complexity index is 996. The minimum Gasteiger partial charge on any atom is -0.385 e. The van der Waals surface area contributed by atoms with E-state index in [4.69, 9.17) is 16.3 Å². The molecule has 0 saturated carbocycles. The van der Waals surface area contributed by atoms with Crippen LogP contribution >= 0.6 is 23.4 Å². The third-order valence-corrected chi connectivity index (χ3v) is 6.25. The van der Waals surface area contributed by atoms with Crippen molar-refractivity contribution in [2.45, 2.75) is 22.9 Å². The van der Waals surface area contributed by atoms with Crippen LogP contribution in [-0.2, 0) is 9.53 Å². The number of benzene rings is 2. The van der Waals surface area contributed by atoms with E-state index in [1.165, 1.54) is 11.8 Å². The molecule has 1 amide bonds. The molecular weight excluding hydrogens is 422 g/mol. The van der Waals surface area contributed by atoms with Gasteiger partial charge in [-0.2, -0.15) is 0 Å². The average Bonchev–Trinajstić information content (AvgIpc) is 3.20. The Balaban J connectivity index is 1.64. The van der Waals surface area contributed by atoms with Gasteiger partial charge >= 0.3 is 0 Å². The molecule has 156 valence electrons. The number of methoxy groups -OCH3 is 1. The Morgan fingerprint density at radius 2 is 1.97 bits per heavy atom. The lowest BCUT2D eigenvalue weighted by atomic mass is 10.0. The van der Waals surface area contributed by atoms with Crippen molar-refractivity contribution >= 4 is 29.3 Å². The number of fused-ring (bicyclic) bond motifs is 1. The SMILES string of the molecule is COCCCNC(=O)[C@@H]1Sc2nnc(-c3ccccc3)n2N[C@@H]1c1ccc(Cl)cc1. The molecule has 0 bridgehead atoms. The molecule has 2 atom stereocenters. The molecule has 0 saturated heterocycles. The number of carbonyl (C=O) groups is 1. The molecule has 0 fully saturated rings. The number of amides is 1. The van der Waals surface area contributed by atoms with Crippen molar-refractivity contribution in [3.05, 3.63) is 65.2 Å². The number of nitrogens with one attached hydrogen (secondary N) is 2. The van der Waals surface area contributed by atoms with Crippen molar-refractivity contribution in [2.24, 2.45) is 0 Å². The van der Waals surface area contributed by atoms with Crippen LogP contribution in [0.1, 0.15) is 18.0 Å². The highest BCUT2D eigenvalue weighted by molar-refractivity contribution is 8.00. The highest BCUT2D eigenvalue weighted by Gasteiger charge is 2.37. The summed E-state index contributed by atoms with van der Waals surface area (Å²) in [5.74, 6) is 0.648. The van der Waals surface area contributed by atoms with Gasteiger partial charge < -0.3 is 15.5 Å². The lowest BCUT2D eigenvalue weighted by Crippen LogP contribution is -2.44. The van der Waals surface area contributed by atoms with Gasteiger partial charge in [-0.05, 0) is 24.1 Å². The highest BCUT2D eigenvalue weighted by Crippen LogP contribution is 2.38. The maximum atomic E-state index is 13.0. The van der Waals surface area contributed by atoms with Crippen molar-refractivity contribution in [1.29, 1.82) is 0 Å². The maximum absolute atomic E-state index is 13.0. The zero-order valence-corrected chi connectivity index (χ0v) is 18.0. The minimum atomic E-state index is -0.408. The van der Waals surface area contributed by atoms with E-state index in [0.29, 0.717) is 29.2 Å². The van der Waals surface area contributed by atoms with E-state index in [2.05, 4.69) is 20.9 Å².